The van der Waals surface area contributed by atoms with Gasteiger partial charge in [-0.2, -0.15) is 0 Å². The van der Waals surface area contributed by atoms with Gasteiger partial charge in [0.2, 0.25) is 5.43 Å². The zero-order valence-corrected chi connectivity index (χ0v) is 21.5. The molecule has 2 amide bonds. The highest BCUT2D eigenvalue weighted by atomic mass is 16.5. The van der Waals surface area contributed by atoms with Crippen LogP contribution in [0.5, 0.6) is 5.75 Å². The number of amides is 2. The van der Waals surface area contributed by atoms with Crippen LogP contribution in [0.4, 0.5) is 5.69 Å². The van der Waals surface area contributed by atoms with Crippen LogP contribution >= 0.6 is 0 Å². The molecule has 0 radical (unpaired) electrons. The number of carbonyl (C=O) groups is 2. The van der Waals surface area contributed by atoms with E-state index in [1.165, 1.54) is 6.20 Å². The Hall–Kier alpha value is -4.69. The van der Waals surface area contributed by atoms with Gasteiger partial charge in [0.05, 0.1) is 12.6 Å². The van der Waals surface area contributed by atoms with E-state index in [0.29, 0.717) is 25.3 Å². The molecule has 2 N–H and O–H groups in total. The van der Waals surface area contributed by atoms with Crippen molar-refractivity contribution in [1.29, 1.82) is 0 Å². The number of rotatable bonds is 8. The molecule has 0 fully saturated rings. The van der Waals surface area contributed by atoms with Gasteiger partial charge in [-0.25, -0.2) is 0 Å². The van der Waals surface area contributed by atoms with Crippen molar-refractivity contribution in [2.75, 3.05) is 32.1 Å². The lowest BCUT2D eigenvalue weighted by atomic mass is 9.83. The number of nitrogens with zero attached hydrogens (tertiary/aromatic N) is 2. The maximum absolute atomic E-state index is 13.6. The van der Waals surface area contributed by atoms with Crippen molar-refractivity contribution in [3.05, 3.63) is 130 Å². The fourth-order valence-electron chi connectivity index (χ4n) is 5.13. The molecule has 198 valence electrons. The molecule has 3 aromatic carbocycles. The average Bonchev–Trinajstić information content (AvgIpc) is 2.97. The number of benzene rings is 3. The Kier molecular flexibility index (Phi) is 7.56. The normalized spacial score (nSPS) is 14.8. The zero-order chi connectivity index (χ0) is 27.4. The number of fused-ring (bicyclic) bond motifs is 1. The van der Waals surface area contributed by atoms with Gasteiger partial charge in [0, 0.05) is 37.9 Å². The Labute approximate surface area is 226 Å². The first-order valence-electron chi connectivity index (χ1n) is 12.7. The lowest BCUT2D eigenvalue weighted by molar-refractivity contribution is 0.0583. The predicted octanol–water partition coefficient (Wildman–Crippen LogP) is 4.28. The summed E-state index contributed by atoms with van der Waals surface area (Å²) in [6, 6.07) is 27.9. The maximum atomic E-state index is 13.6. The van der Waals surface area contributed by atoms with Gasteiger partial charge in [-0.3, -0.25) is 14.4 Å². The van der Waals surface area contributed by atoms with Gasteiger partial charge in [0.25, 0.3) is 11.8 Å². The summed E-state index contributed by atoms with van der Waals surface area (Å²) in [7, 11) is 1.56. The lowest BCUT2D eigenvalue weighted by Crippen LogP contribution is -2.47. The number of hydrogen-bond donors (Lipinski definition) is 2. The smallest absolute Gasteiger partial charge is 0.274 e. The van der Waals surface area contributed by atoms with Crippen LogP contribution in [-0.2, 0) is 4.74 Å². The second-order valence-electron chi connectivity index (χ2n) is 9.41. The van der Waals surface area contributed by atoms with Gasteiger partial charge < -0.3 is 24.6 Å². The topological polar surface area (TPSA) is 101 Å². The Morgan fingerprint density at radius 3 is 2.08 bits per heavy atom. The minimum absolute atomic E-state index is 0.104. The summed E-state index contributed by atoms with van der Waals surface area (Å²) in [4.78, 5) is 41.3. The fourth-order valence-corrected chi connectivity index (χ4v) is 5.13. The van der Waals surface area contributed by atoms with E-state index in [2.05, 4.69) is 5.32 Å². The molecule has 8 heteroatoms. The third-order valence-corrected chi connectivity index (χ3v) is 7.02. The number of anilines is 1. The molecule has 2 heterocycles. The third-order valence-electron chi connectivity index (χ3n) is 7.02. The number of methoxy groups -OCH3 is 1. The fraction of sp³-hybridized carbons (Fsp3) is 0.194. The molecule has 8 nitrogen and oxygen atoms in total. The summed E-state index contributed by atoms with van der Waals surface area (Å²) >= 11 is 0. The van der Waals surface area contributed by atoms with Crippen LogP contribution in [0.1, 0.15) is 43.9 Å². The zero-order valence-electron chi connectivity index (χ0n) is 21.5. The Balaban J connectivity index is 1.67. The molecular formula is C31H29N3O5. The summed E-state index contributed by atoms with van der Waals surface area (Å²) in [5.41, 5.74) is 1.35. The summed E-state index contributed by atoms with van der Waals surface area (Å²) in [6.07, 6.45) is 1.48. The summed E-state index contributed by atoms with van der Waals surface area (Å²) in [5, 5.41) is 13.7. The van der Waals surface area contributed by atoms with Crippen molar-refractivity contribution in [3.63, 3.8) is 0 Å². The van der Waals surface area contributed by atoms with E-state index in [1.54, 1.807) is 46.9 Å². The highest BCUT2D eigenvalue weighted by molar-refractivity contribution is 6.04. The van der Waals surface area contributed by atoms with Crippen LogP contribution in [0.25, 0.3) is 0 Å². The quantitative estimate of drug-likeness (QED) is 0.359. The van der Waals surface area contributed by atoms with Crippen molar-refractivity contribution in [1.82, 2.24) is 9.47 Å². The SMILES string of the molecule is COCCN1C[C@H](C(c2ccccc2)c2ccccc2)n2cc(NC(=O)c3ccccc3)c(=O)c(O)c2C1=O. The van der Waals surface area contributed by atoms with E-state index in [1.807, 2.05) is 60.7 Å². The molecule has 1 atom stereocenters. The summed E-state index contributed by atoms with van der Waals surface area (Å²) in [6.45, 7) is 0.899. The first-order valence-corrected chi connectivity index (χ1v) is 12.7. The minimum atomic E-state index is -0.817. The molecule has 4 aromatic rings. The van der Waals surface area contributed by atoms with E-state index in [9.17, 15) is 19.5 Å². The van der Waals surface area contributed by atoms with Crippen LogP contribution in [-0.4, -0.2) is 53.2 Å². The van der Waals surface area contributed by atoms with Crippen molar-refractivity contribution in [3.8, 4) is 5.75 Å². The van der Waals surface area contributed by atoms with Gasteiger partial charge in [-0.05, 0) is 23.3 Å². The second kappa shape index (κ2) is 11.4. The van der Waals surface area contributed by atoms with Gasteiger partial charge in [-0.1, -0.05) is 78.9 Å². The lowest BCUT2D eigenvalue weighted by Gasteiger charge is -2.40. The molecule has 5 rings (SSSR count). The number of pyridine rings is 1. The minimum Gasteiger partial charge on any atom is -0.502 e. The van der Waals surface area contributed by atoms with E-state index in [-0.39, 0.29) is 17.3 Å². The molecule has 0 spiro atoms. The van der Waals surface area contributed by atoms with E-state index in [0.717, 1.165) is 11.1 Å². The molecule has 1 aromatic heterocycles. The molecule has 0 saturated carbocycles. The molecular weight excluding hydrogens is 494 g/mol. The van der Waals surface area contributed by atoms with E-state index in [4.69, 9.17) is 4.74 Å². The Morgan fingerprint density at radius 2 is 1.51 bits per heavy atom. The van der Waals surface area contributed by atoms with Crippen LogP contribution in [0.15, 0.2) is 102 Å². The number of nitrogens with one attached hydrogen (secondary N) is 1. The molecule has 1 aliphatic heterocycles. The highest BCUT2D eigenvalue weighted by Gasteiger charge is 2.39. The summed E-state index contributed by atoms with van der Waals surface area (Å²) < 4.78 is 6.88. The second-order valence-corrected chi connectivity index (χ2v) is 9.41. The van der Waals surface area contributed by atoms with Crippen molar-refractivity contribution >= 4 is 17.5 Å². The Morgan fingerprint density at radius 1 is 0.949 bits per heavy atom. The number of ether oxygens (including phenoxy) is 1. The standard InChI is InChI=1S/C31H29N3O5/c1-39-18-17-33-20-25(26(21-11-5-2-6-12-21)22-13-7-3-8-14-22)34-19-24(28(35)29(36)27(34)31(33)38)32-30(37)23-15-9-4-10-16-23/h2-16,19,25-26,36H,17-18,20H2,1H3,(H,32,37)/t25-/m1/s1. The van der Waals surface area contributed by atoms with Crippen LogP contribution in [0, 0.1) is 0 Å². The monoisotopic (exact) mass is 523 g/mol. The third kappa shape index (κ3) is 5.19. The molecule has 39 heavy (non-hydrogen) atoms. The van der Waals surface area contributed by atoms with E-state index < -0.39 is 29.0 Å². The van der Waals surface area contributed by atoms with Crippen LogP contribution in [0.2, 0.25) is 0 Å². The predicted molar refractivity (Wildman–Crippen MR) is 148 cm³/mol. The van der Waals surface area contributed by atoms with Crippen LogP contribution in [0.3, 0.4) is 0 Å². The molecule has 0 saturated heterocycles. The maximum Gasteiger partial charge on any atom is 0.274 e. The van der Waals surface area contributed by atoms with Gasteiger partial charge in [0.1, 0.15) is 5.69 Å². The van der Waals surface area contributed by atoms with Crippen LogP contribution < -0.4 is 10.7 Å². The number of aromatic hydroxyl groups is 1. The summed E-state index contributed by atoms with van der Waals surface area (Å²) in [5.74, 6) is -1.89. The Bertz CT molecular complexity index is 1480. The number of aromatic nitrogens is 1. The molecule has 0 aliphatic carbocycles. The van der Waals surface area contributed by atoms with Crippen molar-refractivity contribution in [2.24, 2.45) is 0 Å². The van der Waals surface area contributed by atoms with Gasteiger partial charge >= 0.3 is 0 Å². The number of carbonyl (C=O) groups excluding carboxylic acids is 2. The van der Waals surface area contributed by atoms with Gasteiger partial charge in [0.15, 0.2) is 11.4 Å². The number of hydrogen-bond acceptors (Lipinski definition) is 5. The molecule has 1 aliphatic rings. The van der Waals surface area contributed by atoms with E-state index >= 15 is 0 Å². The average molecular weight is 524 g/mol. The van der Waals surface area contributed by atoms with Crippen molar-refractivity contribution in [2.45, 2.75) is 12.0 Å². The largest absolute Gasteiger partial charge is 0.502 e. The highest BCUT2D eigenvalue weighted by Crippen LogP contribution is 2.40. The van der Waals surface area contributed by atoms with Crippen molar-refractivity contribution < 1.29 is 19.4 Å². The first-order chi connectivity index (χ1) is 19.0. The molecule has 0 unspecified atom stereocenters. The van der Waals surface area contributed by atoms with Gasteiger partial charge in [-0.15, -0.1) is 0 Å². The molecule has 0 bridgehead atoms. The first kappa shape index (κ1) is 25.9.